The van der Waals surface area contributed by atoms with Gasteiger partial charge in [0.05, 0.1) is 0 Å². The molecule has 0 fully saturated rings. The van der Waals surface area contributed by atoms with E-state index in [1.807, 2.05) is 12.1 Å². The first-order chi connectivity index (χ1) is 6.31. The third-order valence-electron chi connectivity index (χ3n) is 2.68. The summed E-state index contributed by atoms with van der Waals surface area (Å²) in [6.07, 6.45) is 3.35. The summed E-state index contributed by atoms with van der Waals surface area (Å²) >= 11 is 0. The van der Waals surface area contributed by atoms with Crippen LogP contribution in [0.2, 0.25) is 0 Å². The number of aromatic hydroxyl groups is 1. The summed E-state index contributed by atoms with van der Waals surface area (Å²) in [7, 11) is 0. The summed E-state index contributed by atoms with van der Waals surface area (Å²) in [4.78, 5) is 10.3. The lowest BCUT2D eigenvalue weighted by atomic mass is 10.0. The predicted octanol–water partition coefficient (Wildman–Crippen LogP) is 1.70. The van der Waals surface area contributed by atoms with Gasteiger partial charge in [0, 0.05) is 6.42 Å². The Labute approximate surface area is 77.2 Å². The number of phenols is 1. The first kappa shape index (κ1) is 8.30. The molecule has 0 aromatic heterocycles. The average molecular weight is 176 g/mol. The Kier molecular flexibility index (Phi) is 2.05. The number of fused-ring (bicyclic) bond motifs is 1. The molecule has 2 heteroatoms. The molecule has 1 aromatic rings. The van der Waals surface area contributed by atoms with E-state index in [-0.39, 0.29) is 0 Å². The minimum absolute atomic E-state index is 0.380. The van der Waals surface area contributed by atoms with E-state index in [0.29, 0.717) is 18.1 Å². The van der Waals surface area contributed by atoms with Gasteiger partial charge in [-0.3, -0.25) is 0 Å². The van der Waals surface area contributed by atoms with Crippen LogP contribution in [0.3, 0.4) is 0 Å². The smallest absolute Gasteiger partial charge is 0.120 e. The molecule has 0 aliphatic heterocycles. The number of phenolic OH excluding ortho intramolecular Hbond substituents is 1. The first-order valence-corrected chi connectivity index (χ1v) is 4.54. The zero-order chi connectivity index (χ0) is 9.26. The van der Waals surface area contributed by atoms with Crippen molar-refractivity contribution in [3.8, 4) is 5.75 Å². The van der Waals surface area contributed by atoms with E-state index < -0.39 is 0 Å². The van der Waals surface area contributed by atoms with Crippen LogP contribution in [0, 0.1) is 5.92 Å². The predicted molar refractivity (Wildman–Crippen MR) is 49.7 cm³/mol. The standard InChI is InChI=1S/C11H12O2/c12-5-4-8-6-9-2-1-3-11(13)10(9)7-8/h1-3,5,8,13H,4,6-7H2. The van der Waals surface area contributed by atoms with Gasteiger partial charge in [-0.2, -0.15) is 0 Å². The Hall–Kier alpha value is -1.31. The maximum absolute atomic E-state index is 10.3. The Balaban J connectivity index is 2.24. The maximum Gasteiger partial charge on any atom is 0.120 e. The highest BCUT2D eigenvalue weighted by molar-refractivity contribution is 5.52. The summed E-state index contributed by atoms with van der Waals surface area (Å²) in [5, 5.41) is 9.53. The molecule has 2 rings (SSSR count). The monoisotopic (exact) mass is 176 g/mol. The van der Waals surface area contributed by atoms with Crippen molar-refractivity contribution >= 4 is 6.29 Å². The van der Waals surface area contributed by atoms with Crippen LogP contribution in [0.25, 0.3) is 0 Å². The van der Waals surface area contributed by atoms with Crippen LogP contribution in [-0.2, 0) is 17.6 Å². The quantitative estimate of drug-likeness (QED) is 0.696. The van der Waals surface area contributed by atoms with Gasteiger partial charge in [0.25, 0.3) is 0 Å². The van der Waals surface area contributed by atoms with Crippen molar-refractivity contribution < 1.29 is 9.90 Å². The van der Waals surface area contributed by atoms with Crippen LogP contribution in [0.15, 0.2) is 18.2 Å². The molecule has 0 radical (unpaired) electrons. The highest BCUT2D eigenvalue weighted by atomic mass is 16.3. The lowest BCUT2D eigenvalue weighted by Gasteiger charge is -2.01. The van der Waals surface area contributed by atoms with Gasteiger partial charge in [-0.15, -0.1) is 0 Å². The van der Waals surface area contributed by atoms with Crippen LogP contribution < -0.4 is 0 Å². The lowest BCUT2D eigenvalue weighted by Crippen LogP contribution is -1.99. The number of aldehydes is 1. The molecule has 0 saturated carbocycles. The fraction of sp³-hybridized carbons (Fsp3) is 0.364. The summed E-state index contributed by atoms with van der Waals surface area (Å²) in [6, 6.07) is 5.60. The number of benzene rings is 1. The molecule has 0 amide bonds. The van der Waals surface area contributed by atoms with E-state index in [0.717, 1.165) is 24.7 Å². The Morgan fingerprint density at radius 2 is 2.31 bits per heavy atom. The van der Waals surface area contributed by atoms with Crippen molar-refractivity contribution in [2.24, 2.45) is 5.92 Å². The van der Waals surface area contributed by atoms with Crippen molar-refractivity contribution in [2.75, 3.05) is 0 Å². The molecule has 68 valence electrons. The zero-order valence-electron chi connectivity index (χ0n) is 7.36. The Bertz CT molecular complexity index is 331. The molecular formula is C11H12O2. The molecule has 1 atom stereocenters. The van der Waals surface area contributed by atoms with Gasteiger partial charge >= 0.3 is 0 Å². The minimum atomic E-state index is 0.380. The first-order valence-electron chi connectivity index (χ1n) is 4.54. The molecule has 1 aliphatic carbocycles. The molecular weight excluding hydrogens is 164 g/mol. The second-order valence-corrected chi connectivity index (χ2v) is 3.59. The summed E-state index contributed by atoms with van der Waals surface area (Å²) in [5.41, 5.74) is 2.24. The second kappa shape index (κ2) is 3.21. The Morgan fingerprint density at radius 1 is 1.46 bits per heavy atom. The fourth-order valence-corrected chi connectivity index (χ4v) is 2.02. The van der Waals surface area contributed by atoms with Crippen LogP contribution >= 0.6 is 0 Å². The average Bonchev–Trinajstić information content (AvgIpc) is 2.49. The van der Waals surface area contributed by atoms with Gasteiger partial charge in [-0.25, -0.2) is 0 Å². The molecule has 1 aliphatic rings. The van der Waals surface area contributed by atoms with Crippen LogP contribution in [0.1, 0.15) is 17.5 Å². The molecule has 0 spiro atoms. The van der Waals surface area contributed by atoms with Crippen molar-refractivity contribution in [3.05, 3.63) is 29.3 Å². The molecule has 1 aromatic carbocycles. The highest BCUT2D eigenvalue weighted by Gasteiger charge is 2.22. The molecule has 2 nitrogen and oxygen atoms in total. The van der Waals surface area contributed by atoms with Gasteiger partial charge in [0.15, 0.2) is 0 Å². The van der Waals surface area contributed by atoms with E-state index in [4.69, 9.17) is 0 Å². The van der Waals surface area contributed by atoms with E-state index in [9.17, 15) is 9.90 Å². The van der Waals surface area contributed by atoms with Gasteiger partial charge in [0.2, 0.25) is 0 Å². The molecule has 0 heterocycles. The second-order valence-electron chi connectivity index (χ2n) is 3.59. The molecule has 13 heavy (non-hydrogen) atoms. The van der Waals surface area contributed by atoms with E-state index in [1.54, 1.807) is 6.07 Å². The van der Waals surface area contributed by atoms with Gasteiger partial charge in [0.1, 0.15) is 12.0 Å². The SMILES string of the molecule is O=CCC1Cc2cccc(O)c2C1. The molecule has 0 saturated heterocycles. The third-order valence-corrected chi connectivity index (χ3v) is 2.68. The molecule has 1 unspecified atom stereocenters. The summed E-state index contributed by atoms with van der Waals surface area (Å²) in [5.74, 6) is 0.784. The largest absolute Gasteiger partial charge is 0.508 e. The van der Waals surface area contributed by atoms with Gasteiger partial charge in [-0.1, -0.05) is 12.1 Å². The number of hydrogen-bond donors (Lipinski definition) is 1. The van der Waals surface area contributed by atoms with Crippen molar-refractivity contribution in [1.29, 1.82) is 0 Å². The number of carbonyl (C=O) groups is 1. The zero-order valence-corrected chi connectivity index (χ0v) is 7.36. The van der Waals surface area contributed by atoms with Crippen molar-refractivity contribution in [2.45, 2.75) is 19.3 Å². The minimum Gasteiger partial charge on any atom is -0.508 e. The van der Waals surface area contributed by atoms with Gasteiger partial charge < -0.3 is 9.90 Å². The van der Waals surface area contributed by atoms with Crippen LogP contribution in [0.5, 0.6) is 5.75 Å². The third kappa shape index (κ3) is 1.44. The fourth-order valence-electron chi connectivity index (χ4n) is 2.02. The number of hydrogen-bond acceptors (Lipinski definition) is 2. The molecule has 1 N–H and O–H groups in total. The number of rotatable bonds is 2. The topological polar surface area (TPSA) is 37.3 Å². The van der Waals surface area contributed by atoms with E-state index in [2.05, 4.69) is 0 Å². The summed E-state index contributed by atoms with van der Waals surface area (Å²) in [6.45, 7) is 0. The highest BCUT2D eigenvalue weighted by Crippen LogP contribution is 2.33. The Morgan fingerprint density at radius 3 is 3.00 bits per heavy atom. The van der Waals surface area contributed by atoms with E-state index in [1.165, 1.54) is 5.56 Å². The maximum atomic E-state index is 10.3. The normalized spacial score (nSPS) is 19.8. The van der Waals surface area contributed by atoms with Crippen molar-refractivity contribution in [3.63, 3.8) is 0 Å². The van der Waals surface area contributed by atoms with Crippen LogP contribution in [-0.4, -0.2) is 11.4 Å². The lowest BCUT2D eigenvalue weighted by molar-refractivity contribution is -0.108. The van der Waals surface area contributed by atoms with Gasteiger partial charge in [-0.05, 0) is 36.0 Å². The van der Waals surface area contributed by atoms with Crippen molar-refractivity contribution in [1.82, 2.24) is 0 Å². The number of carbonyl (C=O) groups excluding carboxylic acids is 1. The molecule has 0 bridgehead atoms. The summed E-state index contributed by atoms with van der Waals surface area (Å²) < 4.78 is 0. The van der Waals surface area contributed by atoms with E-state index >= 15 is 0 Å². The van der Waals surface area contributed by atoms with Crippen LogP contribution in [0.4, 0.5) is 0 Å².